The number of nitrogens with one attached hydrogen (secondary N) is 1. The first-order valence-corrected chi connectivity index (χ1v) is 5.35. The van der Waals surface area contributed by atoms with Crippen LogP contribution in [0.3, 0.4) is 0 Å². The monoisotopic (exact) mass is 249 g/mol. The summed E-state index contributed by atoms with van der Waals surface area (Å²) >= 11 is 0. The van der Waals surface area contributed by atoms with Crippen LogP contribution in [0, 0.1) is 0 Å². The van der Waals surface area contributed by atoms with Crippen molar-refractivity contribution in [2.75, 3.05) is 7.11 Å². The molecule has 1 aromatic carbocycles. The summed E-state index contributed by atoms with van der Waals surface area (Å²) in [4.78, 5) is 21.9. The zero-order chi connectivity index (χ0) is 13.5. The van der Waals surface area contributed by atoms with Crippen molar-refractivity contribution < 1.29 is 19.4 Å². The van der Waals surface area contributed by atoms with E-state index < -0.39 is 11.9 Å². The minimum Gasteiger partial charge on any atom is -0.497 e. The number of aliphatic carboxylic acids is 1. The van der Waals surface area contributed by atoms with E-state index in [0.29, 0.717) is 6.54 Å². The molecular weight excluding hydrogens is 234 g/mol. The van der Waals surface area contributed by atoms with Crippen LogP contribution < -0.4 is 10.1 Å². The summed E-state index contributed by atoms with van der Waals surface area (Å²) in [6.45, 7) is 1.80. The van der Waals surface area contributed by atoms with E-state index >= 15 is 0 Å². The summed E-state index contributed by atoms with van der Waals surface area (Å²) in [6.07, 6.45) is 0.878. The molecule has 0 aromatic heterocycles. The van der Waals surface area contributed by atoms with Crippen molar-refractivity contribution in [1.82, 2.24) is 5.32 Å². The van der Waals surface area contributed by atoms with Gasteiger partial charge in [0.05, 0.1) is 7.11 Å². The summed E-state index contributed by atoms with van der Waals surface area (Å²) in [5.41, 5.74) is 1.07. The van der Waals surface area contributed by atoms with Crippen molar-refractivity contribution in [2.45, 2.75) is 13.5 Å². The van der Waals surface area contributed by atoms with Crippen LogP contribution in [0.25, 0.3) is 0 Å². The van der Waals surface area contributed by atoms with Crippen LogP contribution in [-0.2, 0) is 16.1 Å². The minimum absolute atomic E-state index is 0.163. The Kier molecular flexibility index (Phi) is 4.92. The van der Waals surface area contributed by atoms with Crippen molar-refractivity contribution in [3.63, 3.8) is 0 Å². The normalized spacial score (nSPS) is 10.9. The van der Waals surface area contributed by atoms with Gasteiger partial charge in [-0.15, -0.1) is 0 Å². The Hall–Kier alpha value is -2.30. The van der Waals surface area contributed by atoms with E-state index in [1.807, 2.05) is 12.1 Å². The fraction of sp³-hybridized carbons (Fsp3) is 0.231. The fourth-order valence-corrected chi connectivity index (χ4v) is 1.32. The first kappa shape index (κ1) is 13.8. The number of carbonyl (C=O) groups is 2. The number of ether oxygens (including phenoxy) is 1. The fourth-order valence-electron chi connectivity index (χ4n) is 1.32. The molecule has 0 fully saturated rings. The second-order valence-corrected chi connectivity index (χ2v) is 3.70. The summed E-state index contributed by atoms with van der Waals surface area (Å²) in [7, 11) is 1.58. The van der Waals surface area contributed by atoms with E-state index in [9.17, 15) is 9.59 Å². The topological polar surface area (TPSA) is 75.6 Å². The third kappa shape index (κ3) is 4.29. The van der Waals surface area contributed by atoms with Gasteiger partial charge in [-0.05, 0) is 24.6 Å². The first-order chi connectivity index (χ1) is 8.52. The highest BCUT2D eigenvalue weighted by Crippen LogP contribution is 2.11. The maximum Gasteiger partial charge on any atom is 0.328 e. The Morgan fingerprint density at radius 1 is 1.33 bits per heavy atom. The maximum atomic E-state index is 11.5. The van der Waals surface area contributed by atoms with E-state index in [4.69, 9.17) is 9.84 Å². The highest BCUT2D eigenvalue weighted by molar-refractivity contribution is 5.98. The van der Waals surface area contributed by atoms with Crippen LogP contribution in [0.15, 0.2) is 35.9 Å². The lowest BCUT2D eigenvalue weighted by Gasteiger charge is -2.06. The van der Waals surface area contributed by atoms with Gasteiger partial charge in [0.1, 0.15) is 5.75 Å². The molecule has 0 atom stereocenters. The second kappa shape index (κ2) is 6.44. The number of methoxy groups -OCH3 is 1. The quantitative estimate of drug-likeness (QED) is 0.772. The molecule has 0 spiro atoms. The Morgan fingerprint density at radius 3 is 2.44 bits per heavy atom. The maximum absolute atomic E-state index is 11.5. The molecule has 2 N–H and O–H groups in total. The van der Waals surface area contributed by atoms with Gasteiger partial charge in [0, 0.05) is 18.2 Å². The van der Waals surface area contributed by atoms with Crippen LogP contribution in [0.4, 0.5) is 0 Å². The summed E-state index contributed by atoms with van der Waals surface area (Å²) in [5, 5.41) is 11.1. The number of amides is 1. The Labute approximate surface area is 105 Å². The van der Waals surface area contributed by atoms with Crippen LogP contribution in [0.2, 0.25) is 0 Å². The Morgan fingerprint density at radius 2 is 1.94 bits per heavy atom. The summed E-state index contributed by atoms with van der Waals surface area (Å²) in [5.74, 6) is -0.785. The zero-order valence-corrected chi connectivity index (χ0v) is 10.3. The first-order valence-electron chi connectivity index (χ1n) is 5.35. The SMILES string of the molecule is COc1ccc(CNC(=O)/C(C)=C\C(=O)O)cc1. The Balaban J connectivity index is 2.54. The average molecular weight is 249 g/mol. The molecule has 5 nitrogen and oxygen atoms in total. The van der Waals surface area contributed by atoms with Gasteiger partial charge >= 0.3 is 5.97 Å². The van der Waals surface area contributed by atoms with Gasteiger partial charge < -0.3 is 15.2 Å². The van der Waals surface area contributed by atoms with E-state index in [2.05, 4.69) is 5.32 Å². The highest BCUT2D eigenvalue weighted by Gasteiger charge is 2.05. The van der Waals surface area contributed by atoms with Crippen LogP contribution >= 0.6 is 0 Å². The van der Waals surface area contributed by atoms with Gasteiger partial charge in [0.2, 0.25) is 5.91 Å². The number of carboxylic acid groups (broad SMARTS) is 1. The molecule has 0 saturated carbocycles. The minimum atomic E-state index is -1.13. The van der Waals surface area contributed by atoms with E-state index in [0.717, 1.165) is 17.4 Å². The predicted molar refractivity (Wildman–Crippen MR) is 66.2 cm³/mol. The zero-order valence-electron chi connectivity index (χ0n) is 10.3. The molecule has 1 rings (SSSR count). The molecule has 0 bridgehead atoms. The van der Waals surface area contributed by atoms with E-state index in [1.54, 1.807) is 19.2 Å². The standard InChI is InChI=1S/C13H15NO4/c1-9(7-12(15)16)13(17)14-8-10-3-5-11(18-2)6-4-10/h3-7H,8H2,1-2H3,(H,14,17)(H,15,16)/b9-7-. The molecule has 0 aliphatic carbocycles. The molecule has 0 aliphatic rings. The molecule has 0 radical (unpaired) electrons. The molecular formula is C13H15NO4. The van der Waals surface area contributed by atoms with Gasteiger partial charge in [-0.25, -0.2) is 4.79 Å². The number of carboxylic acids is 1. The van der Waals surface area contributed by atoms with Gasteiger partial charge in [-0.2, -0.15) is 0 Å². The van der Waals surface area contributed by atoms with E-state index in [1.165, 1.54) is 6.92 Å². The number of hydrogen-bond acceptors (Lipinski definition) is 3. The van der Waals surface area contributed by atoms with Crippen LogP contribution in [0.1, 0.15) is 12.5 Å². The average Bonchev–Trinajstić information content (AvgIpc) is 2.35. The lowest BCUT2D eigenvalue weighted by Crippen LogP contribution is -2.23. The third-order valence-electron chi connectivity index (χ3n) is 2.31. The number of carbonyl (C=O) groups excluding carboxylic acids is 1. The smallest absolute Gasteiger partial charge is 0.328 e. The van der Waals surface area contributed by atoms with Crippen LogP contribution in [0.5, 0.6) is 5.75 Å². The van der Waals surface area contributed by atoms with Crippen molar-refractivity contribution in [3.8, 4) is 5.75 Å². The highest BCUT2D eigenvalue weighted by atomic mass is 16.5. The van der Waals surface area contributed by atoms with Crippen molar-refractivity contribution in [1.29, 1.82) is 0 Å². The Bertz CT molecular complexity index is 462. The predicted octanol–water partition coefficient (Wildman–Crippen LogP) is 1.34. The lowest BCUT2D eigenvalue weighted by molar-refractivity contribution is -0.131. The number of hydrogen-bond donors (Lipinski definition) is 2. The summed E-state index contributed by atoms with van der Waals surface area (Å²) < 4.78 is 5.02. The molecule has 0 saturated heterocycles. The second-order valence-electron chi connectivity index (χ2n) is 3.70. The van der Waals surface area contributed by atoms with E-state index in [-0.39, 0.29) is 5.57 Å². The number of benzene rings is 1. The number of rotatable bonds is 5. The molecule has 18 heavy (non-hydrogen) atoms. The van der Waals surface area contributed by atoms with Gasteiger partial charge in [-0.1, -0.05) is 12.1 Å². The molecule has 0 heterocycles. The molecule has 5 heteroatoms. The summed E-state index contributed by atoms with van der Waals surface area (Å²) in [6, 6.07) is 7.24. The molecule has 1 aromatic rings. The van der Waals surface area contributed by atoms with Gasteiger partial charge in [0.25, 0.3) is 0 Å². The largest absolute Gasteiger partial charge is 0.497 e. The van der Waals surface area contributed by atoms with Gasteiger partial charge in [-0.3, -0.25) is 4.79 Å². The molecule has 96 valence electrons. The lowest BCUT2D eigenvalue weighted by atomic mass is 10.2. The molecule has 1 amide bonds. The van der Waals surface area contributed by atoms with Crippen molar-refractivity contribution >= 4 is 11.9 Å². The van der Waals surface area contributed by atoms with Crippen molar-refractivity contribution in [2.24, 2.45) is 0 Å². The van der Waals surface area contributed by atoms with Gasteiger partial charge in [0.15, 0.2) is 0 Å². The molecule has 0 unspecified atom stereocenters. The molecule has 0 aliphatic heterocycles. The van der Waals surface area contributed by atoms with Crippen molar-refractivity contribution in [3.05, 3.63) is 41.5 Å². The third-order valence-corrected chi connectivity index (χ3v) is 2.31. The van der Waals surface area contributed by atoms with Crippen LogP contribution in [-0.4, -0.2) is 24.1 Å².